The normalized spacial score (nSPS) is 11.5. The first kappa shape index (κ1) is 14.5. The zero-order valence-corrected chi connectivity index (χ0v) is 11.8. The van der Waals surface area contributed by atoms with E-state index in [1.54, 1.807) is 0 Å². The lowest BCUT2D eigenvalue weighted by Gasteiger charge is -2.18. The van der Waals surface area contributed by atoms with E-state index >= 15 is 0 Å². The fourth-order valence-electron chi connectivity index (χ4n) is 1.83. The molecule has 1 N–H and O–H groups in total. The largest absolute Gasteiger partial charge is 0.220 e. The summed E-state index contributed by atoms with van der Waals surface area (Å²) in [5.74, 6) is 0.800. The Labute approximate surface area is 107 Å². The fourth-order valence-corrected chi connectivity index (χ4v) is 2.71. The Kier molecular flexibility index (Phi) is 5.46. The Morgan fingerprint density at radius 2 is 1.53 bits per heavy atom. The summed E-state index contributed by atoms with van der Waals surface area (Å²) in [5, 5.41) is 12.0. The average molecular weight is 256 g/mol. The van der Waals surface area contributed by atoms with Gasteiger partial charge in [-0.3, -0.25) is 0 Å². The molecule has 0 spiro atoms. The molecule has 4 heteroatoms. The van der Waals surface area contributed by atoms with Crippen molar-refractivity contribution in [2.75, 3.05) is 0 Å². The lowest BCUT2D eigenvalue weighted by atomic mass is 9.93. The highest BCUT2D eigenvalue weighted by Gasteiger charge is 2.16. The topological polar surface area (TPSA) is 38.7 Å². The molecule has 3 nitrogen and oxygen atoms in total. The SMILES string of the molecule is Cc1cc(C(C)C)c(SOOO)c(C(C)C)c1. The van der Waals surface area contributed by atoms with Gasteiger partial charge in [-0.15, -0.1) is 4.33 Å². The van der Waals surface area contributed by atoms with E-state index in [2.05, 4.69) is 56.1 Å². The van der Waals surface area contributed by atoms with Gasteiger partial charge in [0.15, 0.2) is 0 Å². The molecule has 0 bridgehead atoms. The first-order valence-corrected chi connectivity index (χ1v) is 6.50. The molecule has 0 saturated heterocycles. The van der Waals surface area contributed by atoms with E-state index in [-0.39, 0.29) is 0 Å². The van der Waals surface area contributed by atoms with Crippen molar-refractivity contribution in [3.8, 4) is 0 Å². The minimum Gasteiger partial charge on any atom is -0.220 e. The van der Waals surface area contributed by atoms with Gasteiger partial charge in [0, 0.05) is 4.90 Å². The zero-order valence-electron chi connectivity index (χ0n) is 11.0. The number of rotatable bonds is 5. The molecule has 96 valence electrons. The van der Waals surface area contributed by atoms with Gasteiger partial charge >= 0.3 is 0 Å². The van der Waals surface area contributed by atoms with Gasteiger partial charge in [-0.25, -0.2) is 5.26 Å². The van der Waals surface area contributed by atoms with Crippen LogP contribution in [0.4, 0.5) is 0 Å². The highest BCUT2D eigenvalue weighted by molar-refractivity contribution is 7.94. The number of aryl methyl sites for hydroxylation is 1. The van der Waals surface area contributed by atoms with Gasteiger partial charge in [-0.2, -0.15) is 0 Å². The van der Waals surface area contributed by atoms with Crippen LogP contribution in [0.25, 0.3) is 0 Å². The van der Waals surface area contributed by atoms with Crippen LogP contribution in [0.15, 0.2) is 17.0 Å². The summed E-state index contributed by atoms with van der Waals surface area (Å²) >= 11 is 1.07. The smallest absolute Gasteiger partial charge is 0.0720 e. The lowest BCUT2D eigenvalue weighted by molar-refractivity contribution is -0.432. The Morgan fingerprint density at radius 1 is 1.06 bits per heavy atom. The lowest BCUT2D eigenvalue weighted by Crippen LogP contribution is -2.00. The molecule has 0 aliphatic carbocycles. The molecule has 1 rings (SSSR count). The predicted molar refractivity (Wildman–Crippen MR) is 70.0 cm³/mol. The predicted octanol–water partition coefficient (Wildman–Crippen LogP) is 4.67. The molecule has 1 aromatic carbocycles. The molecule has 0 unspecified atom stereocenters. The quantitative estimate of drug-likeness (QED) is 0.472. The summed E-state index contributed by atoms with van der Waals surface area (Å²) in [7, 11) is 0. The third-order valence-electron chi connectivity index (χ3n) is 2.68. The standard InChI is InChI=1S/C13H20O3S/c1-8(2)11-6-10(5)7-12(9(3)4)13(11)17-16-15-14/h6-9,14H,1-5H3. The van der Waals surface area contributed by atoms with Gasteiger partial charge in [-0.05, 0) is 29.9 Å². The second-order valence-corrected chi connectivity index (χ2v) is 5.52. The molecule has 0 radical (unpaired) electrons. The van der Waals surface area contributed by atoms with Crippen molar-refractivity contribution in [3.63, 3.8) is 0 Å². The Morgan fingerprint density at radius 3 is 1.88 bits per heavy atom. The second kappa shape index (κ2) is 6.40. The van der Waals surface area contributed by atoms with Crippen LogP contribution in [-0.2, 0) is 9.37 Å². The number of hydrogen-bond acceptors (Lipinski definition) is 4. The van der Waals surface area contributed by atoms with Crippen molar-refractivity contribution < 1.29 is 14.6 Å². The number of benzene rings is 1. The maximum atomic E-state index is 8.30. The van der Waals surface area contributed by atoms with Crippen molar-refractivity contribution in [1.29, 1.82) is 0 Å². The highest BCUT2D eigenvalue weighted by Crippen LogP contribution is 2.36. The molecule has 0 aromatic heterocycles. The summed E-state index contributed by atoms with van der Waals surface area (Å²) in [4.78, 5) is 1.04. The summed E-state index contributed by atoms with van der Waals surface area (Å²) < 4.78 is 4.61. The van der Waals surface area contributed by atoms with Crippen LogP contribution < -0.4 is 0 Å². The number of hydrogen-bond donors (Lipinski definition) is 1. The van der Waals surface area contributed by atoms with E-state index in [9.17, 15) is 0 Å². The fraction of sp³-hybridized carbons (Fsp3) is 0.538. The van der Waals surface area contributed by atoms with Crippen LogP contribution in [0.2, 0.25) is 0 Å². The summed E-state index contributed by atoms with van der Waals surface area (Å²) in [6, 6.07) is 4.30. The third-order valence-corrected chi connectivity index (χ3v) is 3.45. The molecule has 1 aromatic rings. The van der Waals surface area contributed by atoms with Crippen LogP contribution in [-0.4, -0.2) is 5.26 Å². The van der Waals surface area contributed by atoms with E-state index in [4.69, 9.17) is 5.26 Å². The zero-order chi connectivity index (χ0) is 13.0. The van der Waals surface area contributed by atoms with Crippen molar-refractivity contribution in [2.24, 2.45) is 0 Å². The third kappa shape index (κ3) is 3.71. The van der Waals surface area contributed by atoms with Crippen LogP contribution in [0, 0.1) is 6.92 Å². The van der Waals surface area contributed by atoms with Crippen LogP contribution in [0.1, 0.15) is 56.2 Å². The molecule has 0 heterocycles. The molecule has 0 saturated carbocycles. The first-order valence-electron chi connectivity index (χ1n) is 5.76. The van der Waals surface area contributed by atoms with Gasteiger partial charge in [-0.1, -0.05) is 50.4 Å². The minimum atomic E-state index is 0.400. The van der Waals surface area contributed by atoms with Crippen molar-refractivity contribution >= 4 is 12.0 Å². The highest BCUT2D eigenvalue weighted by atomic mass is 32.2. The van der Waals surface area contributed by atoms with Crippen LogP contribution >= 0.6 is 12.0 Å². The van der Waals surface area contributed by atoms with E-state index in [0.717, 1.165) is 16.9 Å². The van der Waals surface area contributed by atoms with Gasteiger partial charge in [0.1, 0.15) is 0 Å². The maximum Gasteiger partial charge on any atom is 0.0720 e. The average Bonchev–Trinajstić information content (AvgIpc) is 2.26. The van der Waals surface area contributed by atoms with Gasteiger partial charge in [0.2, 0.25) is 0 Å². The van der Waals surface area contributed by atoms with Crippen molar-refractivity contribution in [1.82, 2.24) is 0 Å². The molecule has 0 amide bonds. The van der Waals surface area contributed by atoms with E-state index in [1.807, 2.05) is 0 Å². The monoisotopic (exact) mass is 256 g/mol. The molecular formula is C13H20O3S. The minimum absolute atomic E-state index is 0.400. The molecule has 0 atom stereocenters. The van der Waals surface area contributed by atoms with Gasteiger partial charge in [0.25, 0.3) is 0 Å². The Balaban J connectivity index is 3.26. The maximum absolute atomic E-state index is 8.30. The summed E-state index contributed by atoms with van der Waals surface area (Å²) in [6.07, 6.45) is 0. The van der Waals surface area contributed by atoms with Gasteiger partial charge < -0.3 is 0 Å². The first-order chi connectivity index (χ1) is 7.97. The summed E-state index contributed by atoms with van der Waals surface area (Å²) in [6.45, 7) is 10.7. The van der Waals surface area contributed by atoms with Crippen LogP contribution in [0.5, 0.6) is 0 Å². The Bertz CT molecular complexity index is 346. The molecular weight excluding hydrogens is 236 g/mol. The molecule has 17 heavy (non-hydrogen) atoms. The van der Waals surface area contributed by atoms with E-state index < -0.39 is 0 Å². The molecule has 0 fully saturated rings. The molecule has 0 aliphatic rings. The Hall–Kier alpha value is -0.550. The molecule has 0 aliphatic heterocycles. The summed E-state index contributed by atoms with van der Waals surface area (Å²) in [5.41, 5.74) is 3.68. The van der Waals surface area contributed by atoms with Crippen molar-refractivity contribution in [2.45, 2.75) is 51.3 Å². The van der Waals surface area contributed by atoms with E-state index in [0.29, 0.717) is 11.8 Å². The second-order valence-electron chi connectivity index (χ2n) is 4.81. The van der Waals surface area contributed by atoms with E-state index in [1.165, 1.54) is 16.7 Å². The van der Waals surface area contributed by atoms with Gasteiger partial charge in [0.05, 0.1) is 12.0 Å². The van der Waals surface area contributed by atoms with Crippen LogP contribution in [0.3, 0.4) is 0 Å². The van der Waals surface area contributed by atoms with Crippen molar-refractivity contribution in [3.05, 3.63) is 28.8 Å².